The second-order valence-electron chi connectivity index (χ2n) is 5.72. The van der Waals surface area contributed by atoms with Crippen LogP contribution in [0.4, 0.5) is 0 Å². The van der Waals surface area contributed by atoms with Gasteiger partial charge in [-0.2, -0.15) is 0 Å². The Kier molecular flexibility index (Phi) is 3.90. The third-order valence-corrected chi connectivity index (χ3v) is 4.50. The normalized spacial score (nSPS) is 19.1. The van der Waals surface area contributed by atoms with Crippen LogP contribution in [-0.4, -0.2) is 24.5 Å². The van der Waals surface area contributed by atoms with Gasteiger partial charge in [-0.3, -0.25) is 4.90 Å². The Bertz CT molecular complexity index is 513. The van der Waals surface area contributed by atoms with E-state index in [1.807, 2.05) is 6.07 Å². The van der Waals surface area contributed by atoms with Gasteiger partial charge in [0.1, 0.15) is 5.76 Å². The van der Waals surface area contributed by atoms with Crippen LogP contribution < -0.4 is 5.73 Å². The summed E-state index contributed by atoms with van der Waals surface area (Å²) in [6.07, 6.45) is 3.90. The number of likely N-dealkylation sites (tertiary alicyclic amines) is 1. The van der Waals surface area contributed by atoms with Gasteiger partial charge in [-0.1, -0.05) is 30.3 Å². The number of nitrogens with zero attached hydrogens (tertiary/aromatic N) is 1. The van der Waals surface area contributed by atoms with Crippen molar-refractivity contribution in [3.8, 4) is 0 Å². The van der Waals surface area contributed by atoms with Crippen LogP contribution in [0.5, 0.6) is 0 Å². The van der Waals surface area contributed by atoms with E-state index in [0.717, 1.165) is 38.2 Å². The average molecular weight is 270 g/mol. The van der Waals surface area contributed by atoms with Gasteiger partial charge >= 0.3 is 0 Å². The van der Waals surface area contributed by atoms with Crippen LogP contribution in [-0.2, 0) is 12.0 Å². The summed E-state index contributed by atoms with van der Waals surface area (Å²) in [6.45, 7) is 3.85. The highest BCUT2D eigenvalue weighted by atomic mass is 16.3. The van der Waals surface area contributed by atoms with Gasteiger partial charge in [0.2, 0.25) is 0 Å². The minimum atomic E-state index is 0.0384. The molecule has 1 aliphatic heterocycles. The molecule has 106 valence electrons. The summed E-state index contributed by atoms with van der Waals surface area (Å²) >= 11 is 0. The zero-order valence-corrected chi connectivity index (χ0v) is 11.8. The molecule has 1 aromatic heterocycles. The van der Waals surface area contributed by atoms with Crippen LogP contribution in [0.2, 0.25) is 0 Å². The van der Waals surface area contributed by atoms with E-state index in [2.05, 4.69) is 41.3 Å². The molecule has 0 amide bonds. The average Bonchev–Trinajstić information content (AvgIpc) is 3.04. The first-order chi connectivity index (χ1) is 9.82. The largest absolute Gasteiger partial charge is 0.469 e. The van der Waals surface area contributed by atoms with E-state index < -0.39 is 0 Å². The fraction of sp³-hybridized carbons (Fsp3) is 0.412. The molecule has 2 N–H and O–H groups in total. The van der Waals surface area contributed by atoms with E-state index in [1.165, 1.54) is 5.56 Å². The minimum Gasteiger partial charge on any atom is -0.469 e. The van der Waals surface area contributed by atoms with Crippen LogP contribution in [0.3, 0.4) is 0 Å². The zero-order chi connectivity index (χ0) is 13.8. The highest BCUT2D eigenvalue weighted by molar-refractivity contribution is 5.18. The van der Waals surface area contributed by atoms with Crippen molar-refractivity contribution in [2.24, 2.45) is 5.73 Å². The summed E-state index contributed by atoms with van der Waals surface area (Å²) in [6, 6.07) is 14.7. The van der Waals surface area contributed by atoms with E-state index in [-0.39, 0.29) is 5.41 Å². The summed E-state index contributed by atoms with van der Waals surface area (Å²) in [5.74, 6) is 1.05. The van der Waals surface area contributed by atoms with E-state index in [9.17, 15) is 0 Å². The number of furan rings is 1. The van der Waals surface area contributed by atoms with Gasteiger partial charge in [0.15, 0.2) is 0 Å². The second-order valence-corrected chi connectivity index (χ2v) is 5.72. The van der Waals surface area contributed by atoms with Gasteiger partial charge in [-0.25, -0.2) is 0 Å². The zero-order valence-electron chi connectivity index (χ0n) is 11.8. The van der Waals surface area contributed by atoms with Crippen molar-refractivity contribution >= 4 is 0 Å². The number of hydrogen-bond donors (Lipinski definition) is 1. The first-order valence-electron chi connectivity index (χ1n) is 7.33. The molecule has 1 saturated heterocycles. The molecular weight excluding hydrogens is 248 g/mol. The molecule has 0 aliphatic carbocycles. The summed E-state index contributed by atoms with van der Waals surface area (Å²) in [4.78, 5) is 2.51. The third kappa shape index (κ3) is 2.65. The van der Waals surface area contributed by atoms with Crippen molar-refractivity contribution in [1.82, 2.24) is 4.90 Å². The first-order valence-corrected chi connectivity index (χ1v) is 7.33. The molecule has 0 bridgehead atoms. The quantitative estimate of drug-likeness (QED) is 0.929. The fourth-order valence-corrected chi connectivity index (χ4v) is 3.11. The predicted octanol–water partition coefficient (Wildman–Crippen LogP) is 2.77. The van der Waals surface area contributed by atoms with Gasteiger partial charge in [0, 0.05) is 18.5 Å². The maximum absolute atomic E-state index is 6.05. The maximum atomic E-state index is 6.05. The van der Waals surface area contributed by atoms with Gasteiger partial charge < -0.3 is 10.2 Å². The number of nitrogens with two attached hydrogens (primary N) is 1. The van der Waals surface area contributed by atoms with Crippen LogP contribution in [0, 0.1) is 0 Å². The monoisotopic (exact) mass is 270 g/mol. The van der Waals surface area contributed by atoms with Crippen LogP contribution in [0.25, 0.3) is 0 Å². The number of benzene rings is 1. The Morgan fingerprint density at radius 3 is 2.40 bits per heavy atom. The van der Waals surface area contributed by atoms with Crippen molar-refractivity contribution in [3.63, 3.8) is 0 Å². The van der Waals surface area contributed by atoms with E-state index in [1.54, 1.807) is 6.26 Å². The molecule has 2 heterocycles. The van der Waals surface area contributed by atoms with Crippen molar-refractivity contribution in [3.05, 3.63) is 60.1 Å². The molecule has 1 fully saturated rings. The molecule has 3 rings (SSSR count). The highest BCUT2D eigenvalue weighted by Gasteiger charge is 2.37. The van der Waals surface area contributed by atoms with Gasteiger partial charge in [-0.05, 0) is 43.6 Å². The standard InChI is InChI=1S/C17H22N2O/c18-14-17(16-7-4-12-20-16)8-10-19(11-9-17)13-15-5-2-1-3-6-15/h1-7,12H,8-11,13-14,18H2. The second kappa shape index (κ2) is 5.81. The van der Waals surface area contributed by atoms with E-state index in [4.69, 9.17) is 10.2 Å². The number of hydrogen-bond acceptors (Lipinski definition) is 3. The maximum Gasteiger partial charge on any atom is 0.111 e. The summed E-state index contributed by atoms with van der Waals surface area (Å²) in [5, 5.41) is 0. The molecule has 20 heavy (non-hydrogen) atoms. The molecule has 3 heteroatoms. The lowest BCUT2D eigenvalue weighted by Gasteiger charge is -2.39. The Hall–Kier alpha value is -1.58. The van der Waals surface area contributed by atoms with Crippen molar-refractivity contribution in [2.75, 3.05) is 19.6 Å². The molecule has 1 aliphatic rings. The van der Waals surface area contributed by atoms with Gasteiger partial charge in [0.05, 0.1) is 6.26 Å². The van der Waals surface area contributed by atoms with E-state index in [0.29, 0.717) is 6.54 Å². The molecule has 0 radical (unpaired) electrons. The molecule has 0 spiro atoms. The van der Waals surface area contributed by atoms with Gasteiger partial charge in [0.25, 0.3) is 0 Å². The third-order valence-electron chi connectivity index (χ3n) is 4.50. The summed E-state index contributed by atoms with van der Waals surface area (Å²) < 4.78 is 5.62. The molecular formula is C17H22N2O. The van der Waals surface area contributed by atoms with Crippen molar-refractivity contribution in [1.29, 1.82) is 0 Å². The lowest BCUT2D eigenvalue weighted by atomic mass is 9.76. The predicted molar refractivity (Wildman–Crippen MR) is 80.4 cm³/mol. The van der Waals surface area contributed by atoms with Crippen LogP contribution in [0.1, 0.15) is 24.2 Å². The van der Waals surface area contributed by atoms with E-state index >= 15 is 0 Å². The smallest absolute Gasteiger partial charge is 0.111 e. The summed E-state index contributed by atoms with van der Waals surface area (Å²) in [5.41, 5.74) is 7.47. The van der Waals surface area contributed by atoms with Gasteiger partial charge in [-0.15, -0.1) is 0 Å². The number of piperidine rings is 1. The number of rotatable bonds is 4. The van der Waals surface area contributed by atoms with Crippen LogP contribution >= 0.6 is 0 Å². The van der Waals surface area contributed by atoms with Crippen molar-refractivity contribution in [2.45, 2.75) is 24.8 Å². The first kappa shape index (κ1) is 13.4. The Morgan fingerprint density at radius 2 is 1.80 bits per heavy atom. The fourth-order valence-electron chi connectivity index (χ4n) is 3.11. The molecule has 0 unspecified atom stereocenters. The van der Waals surface area contributed by atoms with Crippen molar-refractivity contribution < 1.29 is 4.42 Å². The molecule has 0 saturated carbocycles. The Labute approximate surface area is 120 Å². The summed E-state index contributed by atoms with van der Waals surface area (Å²) in [7, 11) is 0. The molecule has 3 nitrogen and oxygen atoms in total. The Balaban J connectivity index is 1.64. The highest BCUT2D eigenvalue weighted by Crippen LogP contribution is 2.35. The van der Waals surface area contributed by atoms with Crippen LogP contribution in [0.15, 0.2) is 53.1 Å². The topological polar surface area (TPSA) is 42.4 Å². The molecule has 1 aromatic carbocycles. The molecule has 2 aromatic rings. The lowest BCUT2D eigenvalue weighted by molar-refractivity contribution is 0.140. The lowest BCUT2D eigenvalue weighted by Crippen LogP contribution is -2.46. The SMILES string of the molecule is NCC1(c2ccco2)CCN(Cc2ccccc2)CC1. The minimum absolute atomic E-state index is 0.0384. The Morgan fingerprint density at radius 1 is 1.05 bits per heavy atom. The molecule has 0 atom stereocenters.